The third-order valence-electron chi connectivity index (χ3n) is 4.15. The summed E-state index contributed by atoms with van der Waals surface area (Å²) in [5, 5.41) is 3.58. The van der Waals surface area contributed by atoms with E-state index in [4.69, 9.17) is 27.9 Å². The lowest BCUT2D eigenvalue weighted by Crippen LogP contribution is -2.17. The van der Waals surface area contributed by atoms with Gasteiger partial charge in [-0.15, -0.1) is 0 Å². The fourth-order valence-corrected chi connectivity index (χ4v) is 3.09. The Morgan fingerprint density at radius 1 is 0.893 bits per heavy atom. The molecule has 3 rings (SSSR count). The van der Waals surface area contributed by atoms with E-state index in [2.05, 4.69) is 5.32 Å². The van der Waals surface area contributed by atoms with Crippen molar-refractivity contribution in [2.24, 2.45) is 0 Å². The Labute approximate surface area is 173 Å². The zero-order valence-electron chi connectivity index (χ0n) is 15.0. The van der Waals surface area contributed by atoms with Gasteiger partial charge in [0.15, 0.2) is 0 Å². The summed E-state index contributed by atoms with van der Waals surface area (Å²) in [5.41, 5.74) is 3.19. The van der Waals surface area contributed by atoms with Crippen LogP contribution in [0.1, 0.15) is 15.9 Å². The van der Waals surface area contributed by atoms with Crippen LogP contribution in [0.5, 0.6) is 0 Å². The van der Waals surface area contributed by atoms with Gasteiger partial charge in [-0.25, -0.2) is 4.79 Å². The van der Waals surface area contributed by atoms with Crippen LogP contribution in [0.25, 0.3) is 11.1 Å². The summed E-state index contributed by atoms with van der Waals surface area (Å²) in [6, 6.07) is 19.9. The maximum absolute atomic E-state index is 12.5. The Morgan fingerprint density at radius 3 is 2.32 bits per heavy atom. The second-order valence-corrected chi connectivity index (χ2v) is 6.91. The van der Waals surface area contributed by atoms with Crippen LogP contribution in [0.2, 0.25) is 10.0 Å². The number of ether oxygens (including phenoxy) is 1. The molecule has 0 aromatic heterocycles. The Balaban J connectivity index is 1.85. The van der Waals surface area contributed by atoms with Crippen LogP contribution in [-0.4, -0.2) is 19.0 Å². The van der Waals surface area contributed by atoms with E-state index in [1.807, 2.05) is 36.4 Å². The molecule has 0 aliphatic heterocycles. The van der Waals surface area contributed by atoms with Gasteiger partial charge in [0.05, 0.1) is 34.8 Å². The predicted molar refractivity (Wildman–Crippen MR) is 112 cm³/mol. The molecule has 0 unspecified atom stereocenters. The van der Waals surface area contributed by atoms with E-state index in [-0.39, 0.29) is 17.9 Å². The number of rotatable bonds is 5. The third-order valence-corrected chi connectivity index (χ3v) is 4.89. The first-order valence-corrected chi connectivity index (χ1v) is 9.25. The van der Waals surface area contributed by atoms with Crippen LogP contribution >= 0.6 is 23.2 Å². The highest BCUT2D eigenvalue weighted by molar-refractivity contribution is 6.42. The number of hydrogen-bond donors (Lipinski definition) is 1. The maximum atomic E-state index is 12.5. The number of benzene rings is 3. The van der Waals surface area contributed by atoms with E-state index in [0.717, 1.165) is 11.1 Å². The molecule has 0 saturated heterocycles. The zero-order valence-corrected chi connectivity index (χ0v) is 16.6. The number of carbonyl (C=O) groups excluding carboxylic acids is 2. The molecular weight excluding hydrogens is 397 g/mol. The molecule has 0 heterocycles. The van der Waals surface area contributed by atoms with Crippen molar-refractivity contribution in [1.29, 1.82) is 0 Å². The molecule has 142 valence electrons. The van der Waals surface area contributed by atoms with E-state index in [0.29, 0.717) is 21.3 Å². The van der Waals surface area contributed by atoms with Crippen molar-refractivity contribution < 1.29 is 14.3 Å². The largest absolute Gasteiger partial charge is 0.465 e. The van der Waals surface area contributed by atoms with Gasteiger partial charge in [0.1, 0.15) is 0 Å². The summed E-state index contributed by atoms with van der Waals surface area (Å²) < 4.78 is 4.87. The quantitative estimate of drug-likeness (QED) is 0.551. The zero-order chi connectivity index (χ0) is 20.1. The molecule has 0 aliphatic rings. The fourth-order valence-electron chi connectivity index (χ4n) is 2.77. The molecule has 0 atom stereocenters. The lowest BCUT2D eigenvalue weighted by atomic mass is 10.0. The number of hydrogen-bond acceptors (Lipinski definition) is 3. The topological polar surface area (TPSA) is 55.4 Å². The number of halogens is 2. The van der Waals surface area contributed by atoms with Crippen molar-refractivity contribution in [3.05, 3.63) is 87.9 Å². The monoisotopic (exact) mass is 413 g/mol. The van der Waals surface area contributed by atoms with E-state index < -0.39 is 5.97 Å². The van der Waals surface area contributed by atoms with E-state index in [9.17, 15) is 9.59 Å². The van der Waals surface area contributed by atoms with Crippen LogP contribution in [0.3, 0.4) is 0 Å². The number of carbonyl (C=O) groups is 2. The Bertz CT molecular complexity index is 1020. The normalized spacial score (nSPS) is 10.4. The first-order valence-electron chi connectivity index (χ1n) is 8.49. The summed E-state index contributed by atoms with van der Waals surface area (Å²) in [7, 11) is 1.30. The van der Waals surface area contributed by atoms with Crippen molar-refractivity contribution in [1.82, 2.24) is 0 Å². The second kappa shape index (κ2) is 8.91. The van der Waals surface area contributed by atoms with Crippen molar-refractivity contribution in [2.45, 2.75) is 6.42 Å². The molecule has 3 aromatic rings. The summed E-state index contributed by atoms with van der Waals surface area (Å²) in [4.78, 5) is 24.7. The number of anilines is 1. The third kappa shape index (κ3) is 4.71. The van der Waals surface area contributed by atoms with Crippen LogP contribution in [0.4, 0.5) is 5.69 Å². The Morgan fingerprint density at radius 2 is 1.64 bits per heavy atom. The van der Waals surface area contributed by atoms with Gasteiger partial charge in [-0.05, 0) is 41.0 Å². The molecule has 0 fully saturated rings. The number of amides is 1. The summed E-state index contributed by atoms with van der Waals surface area (Å²) in [5.74, 6) is -0.807. The van der Waals surface area contributed by atoms with Crippen LogP contribution < -0.4 is 5.32 Å². The van der Waals surface area contributed by atoms with Crippen molar-refractivity contribution in [3.63, 3.8) is 0 Å². The first-order chi connectivity index (χ1) is 13.5. The maximum Gasteiger partial charge on any atom is 0.339 e. The van der Waals surface area contributed by atoms with E-state index >= 15 is 0 Å². The van der Waals surface area contributed by atoms with Gasteiger partial charge in [-0.3, -0.25) is 4.79 Å². The summed E-state index contributed by atoms with van der Waals surface area (Å²) in [6.07, 6.45) is 0.0952. The highest BCUT2D eigenvalue weighted by Gasteiger charge is 2.16. The van der Waals surface area contributed by atoms with E-state index in [1.165, 1.54) is 7.11 Å². The van der Waals surface area contributed by atoms with Crippen LogP contribution in [-0.2, 0) is 16.0 Å². The Kier molecular flexibility index (Phi) is 6.34. The lowest BCUT2D eigenvalue weighted by molar-refractivity contribution is -0.115. The predicted octanol–water partition coefficient (Wildman–Crippen LogP) is 5.63. The smallest absolute Gasteiger partial charge is 0.339 e. The minimum atomic E-state index is -0.525. The minimum absolute atomic E-state index is 0.0952. The molecule has 0 spiro atoms. The Hall–Kier alpha value is -2.82. The van der Waals surface area contributed by atoms with Gasteiger partial charge in [0, 0.05) is 0 Å². The molecule has 28 heavy (non-hydrogen) atoms. The standard InChI is InChI=1S/C22H17Cl2NO3/c1-28-22(27)17-13-16(15-5-3-2-4-6-15)8-10-20(17)25-21(26)12-14-7-9-18(23)19(24)11-14/h2-11,13H,12H2,1H3,(H,25,26). The number of esters is 1. The van der Waals surface area contributed by atoms with Crippen molar-refractivity contribution in [2.75, 3.05) is 12.4 Å². The first kappa shape index (κ1) is 19.9. The molecule has 0 aliphatic carbocycles. The van der Waals surface area contributed by atoms with Gasteiger partial charge in [-0.2, -0.15) is 0 Å². The average Bonchev–Trinajstić information content (AvgIpc) is 2.71. The number of nitrogens with one attached hydrogen (secondary N) is 1. The molecule has 0 saturated carbocycles. The molecule has 3 aromatic carbocycles. The van der Waals surface area contributed by atoms with Crippen LogP contribution in [0, 0.1) is 0 Å². The molecule has 6 heteroatoms. The highest BCUT2D eigenvalue weighted by Crippen LogP contribution is 2.27. The van der Waals surface area contributed by atoms with Gasteiger partial charge in [0.25, 0.3) is 0 Å². The van der Waals surface area contributed by atoms with Gasteiger partial charge < -0.3 is 10.1 Å². The van der Waals surface area contributed by atoms with Gasteiger partial charge >= 0.3 is 5.97 Å². The lowest BCUT2D eigenvalue weighted by Gasteiger charge is -2.12. The molecular formula is C22H17Cl2NO3. The SMILES string of the molecule is COC(=O)c1cc(-c2ccccc2)ccc1NC(=O)Cc1ccc(Cl)c(Cl)c1. The van der Waals surface area contributed by atoms with E-state index in [1.54, 1.807) is 30.3 Å². The summed E-state index contributed by atoms with van der Waals surface area (Å²) >= 11 is 11.9. The highest BCUT2D eigenvalue weighted by atomic mass is 35.5. The van der Waals surface area contributed by atoms with Crippen molar-refractivity contribution in [3.8, 4) is 11.1 Å². The molecule has 1 amide bonds. The second-order valence-electron chi connectivity index (χ2n) is 6.09. The van der Waals surface area contributed by atoms with Gasteiger partial charge in [-0.1, -0.05) is 65.7 Å². The average molecular weight is 414 g/mol. The minimum Gasteiger partial charge on any atom is -0.465 e. The molecule has 0 radical (unpaired) electrons. The molecule has 4 nitrogen and oxygen atoms in total. The molecule has 1 N–H and O–H groups in total. The molecule has 0 bridgehead atoms. The van der Waals surface area contributed by atoms with Crippen LogP contribution in [0.15, 0.2) is 66.7 Å². The number of methoxy groups -OCH3 is 1. The fraction of sp³-hybridized carbons (Fsp3) is 0.0909. The van der Waals surface area contributed by atoms with Gasteiger partial charge in [0.2, 0.25) is 5.91 Å². The van der Waals surface area contributed by atoms with Crippen molar-refractivity contribution >= 4 is 40.8 Å². The summed E-state index contributed by atoms with van der Waals surface area (Å²) in [6.45, 7) is 0.